The molecule has 11 heteroatoms. The fourth-order valence-corrected chi connectivity index (χ4v) is 4.30. The zero-order valence-corrected chi connectivity index (χ0v) is 21.2. The van der Waals surface area contributed by atoms with Crippen LogP contribution in [0.4, 0.5) is 11.4 Å². The van der Waals surface area contributed by atoms with Crippen LogP contribution >= 0.6 is 35.4 Å². The minimum Gasteiger partial charge on any atom is -0.497 e. The lowest BCUT2D eigenvalue weighted by molar-refractivity contribution is -0.124. The molecule has 0 bridgehead atoms. The van der Waals surface area contributed by atoms with E-state index in [1.165, 1.54) is 17.0 Å². The lowest BCUT2D eigenvalue weighted by Crippen LogP contribution is -2.49. The van der Waals surface area contributed by atoms with E-state index in [-0.39, 0.29) is 17.1 Å². The van der Waals surface area contributed by atoms with Crippen molar-refractivity contribution in [2.24, 2.45) is 0 Å². The van der Waals surface area contributed by atoms with Crippen molar-refractivity contribution in [2.75, 3.05) is 17.3 Å². The molecule has 1 aliphatic rings. The summed E-state index contributed by atoms with van der Waals surface area (Å²) >= 11 is 17.5. The van der Waals surface area contributed by atoms with Crippen molar-refractivity contribution < 1.29 is 19.1 Å². The maximum Gasteiger partial charge on any atom is 0.270 e. The van der Waals surface area contributed by atoms with Gasteiger partial charge >= 0.3 is 0 Å². The first kappa shape index (κ1) is 25.4. The molecule has 0 aromatic heterocycles. The molecule has 184 valence electrons. The third kappa shape index (κ3) is 5.59. The molecule has 0 spiro atoms. The Bertz CT molecular complexity index is 1340. The van der Waals surface area contributed by atoms with Gasteiger partial charge in [0.2, 0.25) is 11.0 Å². The number of halogens is 2. The number of nitrogens with one attached hydrogen (secondary N) is 2. The Labute approximate surface area is 222 Å². The number of amides is 3. The van der Waals surface area contributed by atoms with E-state index < -0.39 is 23.8 Å². The zero-order valence-electron chi connectivity index (χ0n) is 18.9. The van der Waals surface area contributed by atoms with Gasteiger partial charge in [0.05, 0.1) is 19.2 Å². The number of carbonyl (C=O) groups is 3. The molecule has 2 N–H and O–H groups in total. The second-order valence-electron chi connectivity index (χ2n) is 7.75. The van der Waals surface area contributed by atoms with Crippen LogP contribution in [0.2, 0.25) is 10.0 Å². The summed E-state index contributed by atoms with van der Waals surface area (Å²) in [7, 11) is 1.49. The van der Waals surface area contributed by atoms with Crippen LogP contribution in [0.15, 0.2) is 72.8 Å². The van der Waals surface area contributed by atoms with E-state index in [0.29, 0.717) is 27.2 Å². The van der Waals surface area contributed by atoms with E-state index in [2.05, 4.69) is 10.7 Å². The smallest absolute Gasteiger partial charge is 0.270 e. The van der Waals surface area contributed by atoms with Gasteiger partial charge < -0.3 is 10.1 Å². The number of hydrazine groups is 1. The molecule has 0 radical (unpaired) electrons. The molecule has 1 aliphatic heterocycles. The topological polar surface area (TPSA) is 91.0 Å². The van der Waals surface area contributed by atoms with Gasteiger partial charge in [0.15, 0.2) is 0 Å². The molecule has 8 nitrogen and oxygen atoms in total. The SMILES string of the molecule is COc1cccc(C(=O)NN2C(=S)N(c3ccc(Cl)cc3)C(=O)C2CC(=O)Nc2cccc(Cl)c2)c1. The van der Waals surface area contributed by atoms with E-state index in [1.807, 2.05) is 0 Å². The summed E-state index contributed by atoms with van der Waals surface area (Å²) in [4.78, 5) is 40.6. The Kier molecular flexibility index (Phi) is 7.73. The van der Waals surface area contributed by atoms with E-state index in [1.54, 1.807) is 72.8 Å². The molecule has 1 heterocycles. The lowest BCUT2D eigenvalue weighted by Gasteiger charge is -2.24. The average molecular weight is 543 g/mol. The van der Waals surface area contributed by atoms with Crippen molar-refractivity contribution in [3.05, 3.63) is 88.4 Å². The van der Waals surface area contributed by atoms with Gasteiger partial charge in [-0.15, -0.1) is 0 Å². The molecule has 3 amide bonds. The quantitative estimate of drug-likeness (QED) is 0.421. The van der Waals surface area contributed by atoms with Crippen molar-refractivity contribution in [2.45, 2.75) is 12.5 Å². The maximum absolute atomic E-state index is 13.5. The normalized spacial score (nSPS) is 15.1. The number of anilines is 2. The third-order valence-electron chi connectivity index (χ3n) is 5.34. The molecule has 36 heavy (non-hydrogen) atoms. The minimum atomic E-state index is -1.10. The predicted octanol–water partition coefficient (Wildman–Crippen LogP) is 4.68. The number of nitrogens with zero attached hydrogens (tertiary/aromatic N) is 2. The number of benzene rings is 3. The molecule has 3 aromatic rings. The fourth-order valence-electron chi connectivity index (χ4n) is 3.62. The second-order valence-corrected chi connectivity index (χ2v) is 8.99. The number of carbonyl (C=O) groups excluding carboxylic acids is 3. The van der Waals surface area contributed by atoms with Crippen LogP contribution in [0.1, 0.15) is 16.8 Å². The van der Waals surface area contributed by atoms with Crippen molar-refractivity contribution >= 4 is 69.6 Å². The van der Waals surface area contributed by atoms with E-state index in [9.17, 15) is 14.4 Å². The van der Waals surface area contributed by atoms with Crippen LogP contribution in [0.25, 0.3) is 0 Å². The van der Waals surface area contributed by atoms with E-state index >= 15 is 0 Å². The van der Waals surface area contributed by atoms with Gasteiger partial charge in [0.1, 0.15) is 11.8 Å². The molecule has 0 saturated carbocycles. The van der Waals surface area contributed by atoms with Gasteiger partial charge in [-0.1, -0.05) is 35.3 Å². The number of thiocarbonyl (C=S) groups is 1. The number of hydrogen-bond donors (Lipinski definition) is 2. The number of rotatable bonds is 7. The summed E-state index contributed by atoms with van der Waals surface area (Å²) in [5.74, 6) is -0.975. The molecular formula is C25H20Cl2N4O4S. The first-order valence-electron chi connectivity index (χ1n) is 10.7. The van der Waals surface area contributed by atoms with Crippen molar-refractivity contribution in [1.82, 2.24) is 10.4 Å². The first-order chi connectivity index (χ1) is 17.3. The molecule has 1 saturated heterocycles. The van der Waals surface area contributed by atoms with Crippen LogP contribution < -0.4 is 20.4 Å². The van der Waals surface area contributed by atoms with Gasteiger partial charge in [-0.2, -0.15) is 0 Å². The first-order valence-corrected chi connectivity index (χ1v) is 11.9. The highest BCUT2D eigenvalue weighted by Crippen LogP contribution is 2.28. The van der Waals surface area contributed by atoms with Gasteiger partial charge in [-0.25, -0.2) is 5.01 Å². The standard InChI is InChI=1S/C25H20Cl2N4O4S/c1-35-20-7-2-4-15(12-20)23(33)29-31-21(14-22(32)28-18-6-3-5-17(27)13-18)24(34)30(25(31)36)19-10-8-16(26)9-11-19/h2-13,21H,14H2,1H3,(H,28,32)(H,29,33). The van der Waals surface area contributed by atoms with E-state index in [0.717, 1.165) is 0 Å². The molecule has 0 aliphatic carbocycles. The van der Waals surface area contributed by atoms with Crippen LogP contribution in [-0.2, 0) is 9.59 Å². The summed E-state index contributed by atoms with van der Waals surface area (Å²) in [5, 5.41) is 4.89. The second kappa shape index (κ2) is 10.9. The Balaban J connectivity index is 1.61. The minimum absolute atomic E-state index is 0.0131. The largest absolute Gasteiger partial charge is 0.497 e. The van der Waals surface area contributed by atoms with Gasteiger partial charge in [0, 0.05) is 21.3 Å². The third-order valence-corrected chi connectivity index (χ3v) is 6.21. The Morgan fingerprint density at radius 3 is 2.42 bits per heavy atom. The van der Waals surface area contributed by atoms with Gasteiger partial charge in [-0.3, -0.25) is 24.7 Å². The number of methoxy groups -OCH3 is 1. The van der Waals surface area contributed by atoms with Gasteiger partial charge in [-0.05, 0) is 72.9 Å². The molecule has 1 fully saturated rings. The van der Waals surface area contributed by atoms with Crippen LogP contribution in [-0.4, -0.2) is 41.0 Å². The highest BCUT2D eigenvalue weighted by Gasteiger charge is 2.45. The van der Waals surface area contributed by atoms with Crippen LogP contribution in [0, 0.1) is 0 Å². The number of hydrogen-bond acceptors (Lipinski definition) is 5. The molecule has 1 unspecified atom stereocenters. The van der Waals surface area contributed by atoms with Crippen molar-refractivity contribution in [1.29, 1.82) is 0 Å². The van der Waals surface area contributed by atoms with E-state index in [4.69, 9.17) is 40.2 Å². The van der Waals surface area contributed by atoms with Crippen LogP contribution in [0.5, 0.6) is 5.75 Å². The lowest BCUT2D eigenvalue weighted by atomic mass is 10.1. The monoisotopic (exact) mass is 542 g/mol. The summed E-state index contributed by atoms with van der Waals surface area (Å²) in [5.41, 5.74) is 3.89. The van der Waals surface area contributed by atoms with Gasteiger partial charge in [0.25, 0.3) is 11.8 Å². The van der Waals surface area contributed by atoms with Crippen LogP contribution in [0.3, 0.4) is 0 Å². The summed E-state index contributed by atoms with van der Waals surface area (Å²) in [6, 6.07) is 18.5. The molecule has 1 atom stereocenters. The Morgan fingerprint density at radius 2 is 1.72 bits per heavy atom. The number of ether oxygens (including phenoxy) is 1. The molecule has 4 rings (SSSR count). The zero-order chi connectivity index (χ0) is 25.8. The Morgan fingerprint density at radius 1 is 1.00 bits per heavy atom. The predicted molar refractivity (Wildman–Crippen MR) is 142 cm³/mol. The van der Waals surface area contributed by atoms with Crippen molar-refractivity contribution in [3.8, 4) is 5.75 Å². The Hall–Kier alpha value is -3.66. The summed E-state index contributed by atoms with van der Waals surface area (Å²) < 4.78 is 5.18. The average Bonchev–Trinajstić information content (AvgIpc) is 3.08. The fraction of sp³-hybridized carbons (Fsp3) is 0.120. The van der Waals surface area contributed by atoms with Crippen molar-refractivity contribution in [3.63, 3.8) is 0 Å². The molecule has 3 aromatic carbocycles. The molecular weight excluding hydrogens is 523 g/mol. The highest BCUT2D eigenvalue weighted by molar-refractivity contribution is 7.80. The summed E-state index contributed by atoms with van der Waals surface area (Å²) in [6.07, 6.45) is -0.284. The summed E-state index contributed by atoms with van der Waals surface area (Å²) in [6.45, 7) is 0. The highest BCUT2D eigenvalue weighted by atomic mass is 35.5. The maximum atomic E-state index is 13.5.